The number of anilines is 2. The zero-order chi connectivity index (χ0) is 21.5. The van der Waals surface area contributed by atoms with Gasteiger partial charge in [0.05, 0.1) is 11.3 Å². The lowest BCUT2D eigenvalue weighted by atomic mass is 9.96. The molecule has 0 saturated heterocycles. The molecule has 2 aromatic heterocycles. The van der Waals surface area contributed by atoms with Gasteiger partial charge in [0.1, 0.15) is 17.7 Å². The number of fused-ring (bicyclic) bond motifs is 1. The van der Waals surface area contributed by atoms with Crippen LogP contribution in [0.3, 0.4) is 0 Å². The number of rotatable bonds is 6. The average Bonchev–Trinajstić information content (AvgIpc) is 3.55. The van der Waals surface area contributed by atoms with Gasteiger partial charge in [0, 0.05) is 36.3 Å². The molecule has 1 N–H and O–H groups in total. The van der Waals surface area contributed by atoms with Crippen LogP contribution in [0, 0.1) is 5.92 Å². The van der Waals surface area contributed by atoms with Gasteiger partial charge in [-0.2, -0.15) is 13.2 Å². The Morgan fingerprint density at radius 3 is 2.67 bits per heavy atom. The van der Waals surface area contributed by atoms with E-state index in [4.69, 9.17) is 4.74 Å². The van der Waals surface area contributed by atoms with Crippen molar-refractivity contribution in [1.82, 2.24) is 9.97 Å². The fraction of sp³-hybridized carbons (Fsp3) is 0.476. The predicted molar refractivity (Wildman–Crippen MR) is 106 cm³/mol. The van der Waals surface area contributed by atoms with Crippen LogP contribution in [0.25, 0.3) is 11.3 Å². The van der Waals surface area contributed by atoms with Crippen LogP contribution in [0.15, 0.2) is 24.4 Å². The molecule has 1 aliphatic heterocycles. The average molecular weight is 420 g/mol. The molecule has 30 heavy (non-hydrogen) atoms. The Hall–Kier alpha value is -2.84. The molecule has 0 aromatic carbocycles. The van der Waals surface area contributed by atoms with Gasteiger partial charge in [0.25, 0.3) is 0 Å². The second-order valence-corrected chi connectivity index (χ2v) is 7.59. The molecule has 9 heteroatoms. The van der Waals surface area contributed by atoms with Crippen LogP contribution < -0.4 is 10.2 Å². The molecule has 2 aromatic rings. The van der Waals surface area contributed by atoms with E-state index in [9.17, 15) is 18.0 Å². The number of aromatic nitrogens is 2. The molecule has 2 aliphatic rings. The van der Waals surface area contributed by atoms with E-state index >= 15 is 0 Å². The third-order valence-corrected chi connectivity index (χ3v) is 5.39. The SMILES string of the molecule is CCCN(CC)c1cc(C(F)(F)F)cc(-c2ccnc3c2[C@@H](C2CC2)OC(=O)N3)n1. The van der Waals surface area contributed by atoms with Crippen molar-refractivity contribution < 1.29 is 22.7 Å². The second-order valence-electron chi connectivity index (χ2n) is 7.59. The highest BCUT2D eigenvalue weighted by Gasteiger charge is 2.42. The first-order valence-electron chi connectivity index (χ1n) is 10.1. The molecule has 0 radical (unpaired) electrons. The summed E-state index contributed by atoms with van der Waals surface area (Å²) in [5.74, 6) is 0.746. The topological polar surface area (TPSA) is 67.4 Å². The lowest BCUT2D eigenvalue weighted by molar-refractivity contribution is -0.137. The summed E-state index contributed by atoms with van der Waals surface area (Å²) < 4.78 is 46.5. The molecule has 160 valence electrons. The molecule has 1 saturated carbocycles. The maximum atomic E-state index is 13.7. The van der Waals surface area contributed by atoms with E-state index in [0.29, 0.717) is 30.0 Å². The smallest absolute Gasteiger partial charge is 0.416 e. The second kappa shape index (κ2) is 7.77. The van der Waals surface area contributed by atoms with E-state index in [0.717, 1.165) is 31.4 Å². The molecule has 1 amide bonds. The molecule has 0 bridgehead atoms. The number of carbonyl (C=O) groups is 1. The van der Waals surface area contributed by atoms with E-state index in [2.05, 4.69) is 15.3 Å². The van der Waals surface area contributed by atoms with Crippen molar-refractivity contribution in [1.29, 1.82) is 0 Å². The molecule has 0 unspecified atom stereocenters. The van der Waals surface area contributed by atoms with Crippen LogP contribution in [0.2, 0.25) is 0 Å². The first-order chi connectivity index (χ1) is 14.3. The number of pyridine rings is 2. The number of hydrogen-bond donors (Lipinski definition) is 1. The maximum absolute atomic E-state index is 13.7. The predicted octanol–water partition coefficient (Wildman–Crippen LogP) is 5.41. The Kier molecular flexibility index (Phi) is 5.29. The third kappa shape index (κ3) is 3.93. The van der Waals surface area contributed by atoms with Gasteiger partial charge in [-0.3, -0.25) is 5.32 Å². The molecular weight excluding hydrogens is 397 g/mol. The van der Waals surface area contributed by atoms with E-state index in [1.807, 2.05) is 18.7 Å². The summed E-state index contributed by atoms with van der Waals surface area (Å²) in [6, 6.07) is 3.78. The summed E-state index contributed by atoms with van der Waals surface area (Å²) in [5.41, 5.74) is 0.525. The largest absolute Gasteiger partial charge is 0.441 e. The summed E-state index contributed by atoms with van der Waals surface area (Å²) in [6.45, 7) is 5.00. The Balaban J connectivity index is 1.88. The highest BCUT2D eigenvalue weighted by Crippen LogP contribution is 2.49. The maximum Gasteiger partial charge on any atom is 0.416 e. The van der Waals surface area contributed by atoms with E-state index < -0.39 is 23.9 Å². The van der Waals surface area contributed by atoms with Crippen molar-refractivity contribution in [3.8, 4) is 11.3 Å². The third-order valence-electron chi connectivity index (χ3n) is 5.39. The lowest BCUT2D eigenvalue weighted by Crippen LogP contribution is -2.27. The highest BCUT2D eigenvalue weighted by atomic mass is 19.4. The monoisotopic (exact) mass is 420 g/mol. The molecule has 0 spiro atoms. The van der Waals surface area contributed by atoms with E-state index in [-0.39, 0.29) is 17.4 Å². The van der Waals surface area contributed by atoms with Crippen LogP contribution >= 0.6 is 0 Å². The van der Waals surface area contributed by atoms with Crippen molar-refractivity contribution >= 4 is 17.7 Å². The first kappa shape index (κ1) is 20.4. The van der Waals surface area contributed by atoms with Gasteiger partial charge in [-0.1, -0.05) is 6.92 Å². The summed E-state index contributed by atoms with van der Waals surface area (Å²) >= 11 is 0. The number of halogens is 3. The Labute approximate surface area is 172 Å². The molecule has 6 nitrogen and oxygen atoms in total. The van der Waals surface area contributed by atoms with Crippen molar-refractivity contribution in [2.24, 2.45) is 5.92 Å². The summed E-state index contributed by atoms with van der Waals surface area (Å²) in [5, 5.41) is 2.56. The zero-order valence-corrected chi connectivity index (χ0v) is 16.8. The van der Waals surface area contributed by atoms with Gasteiger partial charge in [-0.05, 0) is 44.4 Å². The Morgan fingerprint density at radius 2 is 2.03 bits per heavy atom. The molecule has 3 heterocycles. The van der Waals surface area contributed by atoms with Crippen LogP contribution in [0.1, 0.15) is 50.3 Å². The number of ether oxygens (including phenoxy) is 1. The number of amides is 1. The number of cyclic esters (lactones) is 1. The number of nitrogens with zero attached hydrogens (tertiary/aromatic N) is 3. The number of alkyl halides is 3. The van der Waals surface area contributed by atoms with Gasteiger partial charge < -0.3 is 9.64 Å². The molecular formula is C21H23F3N4O2. The lowest BCUT2D eigenvalue weighted by Gasteiger charge is -2.28. The van der Waals surface area contributed by atoms with Crippen molar-refractivity contribution in [3.63, 3.8) is 0 Å². The standard InChI is InChI=1S/C21H23F3N4O2/c1-3-9-28(4-2)16-11-13(21(22,23)24)10-15(26-16)14-7-8-25-19-17(14)18(12-5-6-12)30-20(29)27-19/h7-8,10-12,18H,3-6,9H2,1-2H3,(H,25,27,29)/t18-/m1/s1. The summed E-state index contributed by atoms with van der Waals surface area (Å²) in [7, 11) is 0. The van der Waals surface area contributed by atoms with Crippen LogP contribution in [-0.4, -0.2) is 29.2 Å². The van der Waals surface area contributed by atoms with Gasteiger partial charge in [0.15, 0.2) is 0 Å². The minimum Gasteiger partial charge on any atom is -0.441 e. The van der Waals surface area contributed by atoms with Gasteiger partial charge in [0.2, 0.25) is 0 Å². The molecule has 1 aliphatic carbocycles. The summed E-state index contributed by atoms with van der Waals surface area (Å²) in [6.07, 6.45) is -1.59. The fourth-order valence-corrected chi connectivity index (χ4v) is 3.80. The van der Waals surface area contributed by atoms with E-state index in [1.165, 1.54) is 6.20 Å². The van der Waals surface area contributed by atoms with Gasteiger partial charge in [-0.25, -0.2) is 14.8 Å². The van der Waals surface area contributed by atoms with Gasteiger partial charge >= 0.3 is 12.3 Å². The number of hydrogen-bond acceptors (Lipinski definition) is 5. The fourth-order valence-electron chi connectivity index (χ4n) is 3.80. The molecule has 1 atom stereocenters. The van der Waals surface area contributed by atoms with Gasteiger partial charge in [-0.15, -0.1) is 0 Å². The van der Waals surface area contributed by atoms with Crippen molar-refractivity contribution in [2.75, 3.05) is 23.3 Å². The van der Waals surface area contributed by atoms with Crippen LogP contribution in [0.5, 0.6) is 0 Å². The molecule has 4 rings (SSSR count). The quantitative estimate of drug-likeness (QED) is 0.677. The minimum atomic E-state index is -4.51. The number of nitrogens with one attached hydrogen (secondary N) is 1. The normalized spacial score (nSPS) is 18.4. The van der Waals surface area contributed by atoms with Crippen LogP contribution in [-0.2, 0) is 10.9 Å². The zero-order valence-electron chi connectivity index (χ0n) is 16.8. The Morgan fingerprint density at radius 1 is 1.27 bits per heavy atom. The van der Waals surface area contributed by atoms with Crippen molar-refractivity contribution in [2.45, 2.75) is 45.4 Å². The minimum absolute atomic E-state index is 0.148. The van der Waals surface area contributed by atoms with Crippen molar-refractivity contribution in [3.05, 3.63) is 35.5 Å². The Bertz CT molecular complexity index is 960. The number of carbonyl (C=O) groups excluding carboxylic acids is 1. The first-order valence-corrected chi connectivity index (χ1v) is 10.1. The highest BCUT2D eigenvalue weighted by molar-refractivity contribution is 5.89. The summed E-state index contributed by atoms with van der Waals surface area (Å²) in [4.78, 5) is 22.5. The molecule has 1 fully saturated rings. The van der Waals surface area contributed by atoms with Crippen LogP contribution in [0.4, 0.5) is 29.6 Å². The van der Waals surface area contributed by atoms with E-state index in [1.54, 1.807) is 6.07 Å².